The second-order valence-electron chi connectivity index (χ2n) is 5.76. The SMILES string of the molecule is CC(NC(=O)Cn1cnc2c(oc3ccccc32)c1=O)c1ccco1. The summed E-state index contributed by atoms with van der Waals surface area (Å²) in [6.07, 6.45) is 2.91. The van der Waals surface area contributed by atoms with E-state index >= 15 is 0 Å². The van der Waals surface area contributed by atoms with Crippen molar-refractivity contribution in [1.82, 2.24) is 14.9 Å². The van der Waals surface area contributed by atoms with Crippen LogP contribution in [0.2, 0.25) is 0 Å². The van der Waals surface area contributed by atoms with Gasteiger partial charge in [-0.3, -0.25) is 14.2 Å². The van der Waals surface area contributed by atoms with Crippen LogP contribution < -0.4 is 10.9 Å². The fraction of sp³-hybridized carbons (Fsp3) is 0.167. The highest BCUT2D eigenvalue weighted by Crippen LogP contribution is 2.24. The zero-order valence-electron chi connectivity index (χ0n) is 13.4. The molecule has 7 heteroatoms. The Bertz CT molecular complexity index is 1110. The van der Waals surface area contributed by atoms with E-state index in [0.29, 0.717) is 16.9 Å². The number of rotatable bonds is 4. The molecule has 0 aliphatic heterocycles. The Kier molecular flexibility index (Phi) is 3.61. The Morgan fingerprint density at radius 2 is 2.12 bits per heavy atom. The van der Waals surface area contributed by atoms with Crippen molar-refractivity contribution in [1.29, 1.82) is 0 Å². The van der Waals surface area contributed by atoms with E-state index in [9.17, 15) is 9.59 Å². The third-order valence-electron chi connectivity index (χ3n) is 4.01. The van der Waals surface area contributed by atoms with Crippen LogP contribution in [0, 0.1) is 0 Å². The van der Waals surface area contributed by atoms with E-state index < -0.39 is 0 Å². The molecule has 126 valence electrons. The summed E-state index contributed by atoms with van der Waals surface area (Å²) in [6, 6.07) is 10.5. The minimum Gasteiger partial charge on any atom is -0.467 e. The van der Waals surface area contributed by atoms with E-state index in [0.717, 1.165) is 5.39 Å². The van der Waals surface area contributed by atoms with Gasteiger partial charge in [0, 0.05) is 5.39 Å². The lowest BCUT2D eigenvalue weighted by molar-refractivity contribution is -0.122. The van der Waals surface area contributed by atoms with Gasteiger partial charge >= 0.3 is 0 Å². The molecule has 0 saturated heterocycles. The summed E-state index contributed by atoms with van der Waals surface area (Å²) in [5.41, 5.74) is 0.856. The standard InChI is InChI=1S/C18H15N3O4/c1-11(13-7-4-8-24-13)20-15(22)9-21-10-19-16-12-5-2-3-6-14(12)25-17(16)18(21)23/h2-8,10-11H,9H2,1H3,(H,20,22). The van der Waals surface area contributed by atoms with E-state index in [2.05, 4.69) is 10.3 Å². The number of carbonyl (C=O) groups is 1. The van der Waals surface area contributed by atoms with Gasteiger partial charge in [0.2, 0.25) is 11.5 Å². The number of nitrogens with zero attached hydrogens (tertiary/aromatic N) is 2. The lowest BCUT2D eigenvalue weighted by atomic mass is 10.2. The Morgan fingerprint density at radius 1 is 1.28 bits per heavy atom. The van der Waals surface area contributed by atoms with Crippen molar-refractivity contribution in [2.24, 2.45) is 0 Å². The van der Waals surface area contributed by atoms with Gasteiger partial charge in [-0.25, -0.2) is 4.98 Å². The molecule has 1 atom stereocenters. The Hall–Kier alpha value is -3.35. The molecular weight excluding hydrogens is 322 g/mol. The van der Waals surface area contributed by atoms with Crippen LogP contribution in [0.25, 0.3) is 22.1 Å². The van der Waals surface area contributed by atoms with Crippen molar-refractivity contribution in [2.45, 2.75) is 19.5 Å². The summed E-state index contributed by atoms with van der Waals surface area (Å²) >= 11 is 0. The van der Waals surface area contributed by atoms with Gasteiger partial charge in [0.25, 0.3) is 5.56 Å². The van der Waals surface area contributed by atoms with Crippen LogP contribution >= 0.6 is 0 Å². The summed E-state index contributed by atoms with van der Waals surface area (Å²) in [5.74, 6) is 0.329. The van der Waals surface area contributed by atoms with E-state index in [1.54, 1.807) is 31.4 Å². The zero-order valence-corrected chi connectivity index (χ0v) is 13.4. The molecule has 0 spiro atoms. The quantitative estimate of drug-likeness (QED) is 0.618. The highest BCUT2D eigenvalue weighted by Gasteiger charge is 2.16. The Morgan fingerprint density at radius 3 is 2.92 bits per heavy atom. The largest absolute Gasteiger partial charge is 0.467 e. The second-order valence-corrected chi connectivity index (χ2v) is 5.76. The average molecular weight is 337 g/mol. The molecule has 7 nitrogen and oxygen atoms in total. The molecule has 0 radical (unpaired) electrons. The van der Waals surface area contributed by atoms with Crippen LogP contribution in [0.3, 0.4) is 0 Å². The van der Waals surface area contributed by atoms with Crippen molar-refractivity contribution in [3.05, 3.63) is 65.1 Å². The van der Waals surface area contributed by atoms with Gasteiger partial charge in [-0.1, -0.05) is 12.1 Å². The van der Waals surface area contributed by atoms with Gasteiger partial charge in [0.05, 0.1) is 18.6 Å². The number of aromatic nitrogens is 2. The van der Waals surface area contributed by atoms with Gasteiger partial charge in [-0.2, -0.15) is 0 Å². The molecule has 25 heavy (non-hydrogen) atoms. The maximum atomic E-state index is 12.6. The number of fused-ring (bicyclic) bond motifs is 3. The first-order valence-corrected chi connectivity index (χ1v) is 7.83. The van der Waals surface area contributed by atoms with Crippen LogP contribution in [-0.2, 0) is 11.3 Å². The summed E-state index contributed by atoms with van der Waals surface area (Å²) in [7, 11) is 0. The zero-order chi connectivity index (χ0) is 17.4. The van der Waals surface area contributed by atoms with Gasteiger partial charge in [0.15, 0.2) is 0 Å². The predicted octanol–water partition coefficient (Wildman–Crippen LogP) is 2.61. The number of benzene rings is 1. The monoisotopic (exact) mass is 337 g/mol. The predicted molar refractivity (Wildman–Crippen MR) is 91.0 cm³/mol. The highest BCUT2D eigenvalue weighted by molar-refractivity contribution is 6.01. The van der Waals surface area contributed by atoms with Crippen molar-refractivity contribution in [3.63, 3.8) is 0 Å². The fourth-order valence-corrected chi connectivity index (χ4v) is 2.78. The maximum absolute atomic E-state index is 12.6. The first-order valence-electron chi connectivity index (χ1n) is 7.83. The second kappa shape index (κ2) is 5.94. The molecule has 4 aromatic rings. The van der Waals surface area contributed by atoms with Crippen molar-refractivity contribution in [2.75, 3.05) is 0 Å². The molecule has 1 aromatic carbocycles. The number of carbonyl (C=O) groups excluding carboxylic acids is 1. The Labute approximate surface area is 141 Å². The van der Waals surface area contributed by atoms with Crippen molar-refractivity contribution >= 4 is 28.0 Å². The number of hydrogen-bond acceptors (Lipinski definition) is 5. The molecule has 0 aliphatic rings. The molecule has 4 rings (SSSR count). The fourth-order valence-electron chi connectivity index (χ4n) is 2.78. The molecule has 0 aliphatic carbocycles. The van der Waals surface area contributed by atoms with Gasteiger partial charge in [-0.05, 0) is 31.2 Å². The minimum absolute atomic E-state index is 0.149. The number of furan rings is 2. The minimum atomic E-state index is -0.387. The van der Waals surface area contributed by atoms with E-state index in [1.807, 2.05) is 18.2 Å². The maximum Gasteiger partial charge on any atom is 0.297 e. The molecule has 0 saturated carbocycles. The summed E-state index contributed by atoms with van der Waals surface area (Å²) in [4.78, 5) is 29.1. The molecule has 1 N–H and O–H groups in total. The molecule has 1 unspecified atom stereocenters. The molecule has 3 aromatic heterocycles. The first-order chi connectivity index (χ1) is 12.1. The van der Waals surface area contributed by atoms with Crippen LogP contribution in [-0.4, -0.2) is 15.5 Å². The third-order valence-corrected chi connectivity index (χ3v) is 4.01. The number of para-hydroxylation sites is 1. The average Bonchev–Trinajstić information content (AvgIpc) is 3.25. The summed E-state index contributed by atoms with van der Waals surface area (Å²) < 4.78 is 12.1. The van der Waals surface area contributed by atoms with Crippen molar-refractivity contribution in [3.8, 4) is 0 Å². The lowest BCUT2D eigenvalue weighted by Gasteiger charge is -2.12. The van der Waals surface area contributed by atoms with Crippen LogP contribution in [0.4, 0.5) is 0 Å². The molecule has 3 heterocycles. The molecular formula is C18H15N3O4. The van der Waals surface area contributed by atoms with Crippen molar-refractivity contribution < 1.29 is 13.6 Å². The summed E-state index contributed by atoms with van der Waals surface area (Å²) in [5, 5.41) is 3.56. The van der Waals surface area contributed by atoms with E-state index in [-0.39, 0.29) is 29.6 Å². The number of hydrogen-bond donors (Lipinski definition) is 1. The topological polar surface area (TPSA) is 90.3 Å². The highest BCUT2D eigenvalue weighted by atomic mass is 16.3. The normalized spacial score (nSPS) is 12.5. The molecule has 0 fully saturated rings. The first kappa shape index (κ1) is 15.2. The Balaban J connectivity index is 1.61. The van der Waals surface area contributed by atoms with Gasteiger partial charge < -0.3 is 14.2 Å². The number of nitrogens with one attached hydrogen (secondary N) is 1. The van der Waals surface area contributed by atoms with E-state index in [1.165, 1.54) is 10.9 Å². The van der Waals surface area contributed by atoms with Crippen LogP contribution in [0.5, 0.6) is 0 Å². The molecule has 0 bridgehead atoms. The lowest BCUT2D eigenvalue weighted by Crippen LogP contribution is -2.33. The van der Waals surface area contributed by atoms with Crippen LogP contribution in [0.15, 0.2) is 62.6 Å². The molecule has 1 amide bonds. The number of amides is 1. The summed E-state index contributed by atoms with van der Waals surface area (Å²) in [6.45, 7) is 1.66. The van der Waals surface area contributed by atoms with E-state index in [4.69, 9.17) is 8.83 Å². The third kappa shape index (κ3) is 2.69. The van der Waals surface area contributed by atoms with Crippen LogP contribution in [0.1, 0.15) is 18.7 Å². The van der Waals surface area contributed by atoms with Gasteiger partial charge in [0.1, 0.15) is 23.4 Å². The van der Waals surface area contributed by atoms with Gasteiger partial charge in [-0.15, -0.1) is 0 Å². The smallest absolute Gasteiger partial charge is 0.297 e.